The molecule has 0 aromatic heterocycles. The Hall–Kier alpha value is -0.740. The van der Waals surface area contributed by atoms with Crippen molar-refractivity contribution in [2.24, 2.45) is 0 Å². The van der Waals surface area contributed by atoms with E-state index in [1.165, 1.54) is 0 Å². The highest BCUT2D eigenvalue weighted by Gasteiger charge is 2.30. The van der Waals surface area contributed by atoms with E-state index in [2.05, 4.69) is 21.2 Å². The molecule has 1 heterocycles. The van der Waals surface area contributed by atoms with Gasteiger partial charge in [-0.05, 0) is 11.6 Å². The normalized spacial score (nSPS) is 22.0. The van der Waals surface area contributed by atoms with E-state index in [1.54, 1.807) is 0 Å². The van der Waals surface area contributed by atoms with Gasteiger partial charge in [-0.25, -0.2) is 4.79 Å². The lowest BCUT2D eigenvalue weighted by Gasteiger charge is -2.16. The number of alkyl halides is 1. The van der Waals surface area contributed by atoms with Crippen LogP contribution < -0.4 is 5.32 Å². The second-order valence-electron chi connectivity index (χ2n) is 3.27. The summed E-state index contributed by atoms with van der Waals surface area (Å²) in [5.74, 6) is 0. The molecule has 1 aromatic rings. The Morgan fingerprint density at radius 1 is 1.53 bits per heavy atom. The minimum absolute atomic E-state index is 0.0300. The predicted molar refractivity (Wildman–Crippen MR) is 61.4 cm³/mol. The van der Waals surface area contributed by atoms with E-state index in [-0.39, 0.29) is 17.0 Å². The zero-order valence-electron chi connectivity index (χ0n) is 7.74. The Balaban J connectivity index is 2.17. The maximum Gasteiger partial charge on any atom is 0.407 e. The van der Waals surface area contributed by atoms with Crippen LogP contribution in [0.3, 0.4) is 0 Å². The van der Waals surface area contributed by atoms with Crippen molar-refractivity contribution in [1.29, 1.82) is 0 Å². The summed E-state index contributed by atoms with van der Waals surface area (Å²) < 4.78 is 4.82. The summed E-state index contributed by atoms with van der Waals surface area (Å²) in [5.41, 5.74) is 0.954. The lowest BCUT2D eigenvalue weighted by Crippen LogP contribution is -2.30. The van der Waals surface area contributed by atoms with E-state index in [4.69, 9.17) is 16.3 Å². The van der Waals surface area contributed by atoms with Crippen LogP contribution in [-0.4, -0.2) is 18.7 Å². The van der Waals surface area contributed by atoms with Crippen LogP contribution in [0.5, 0.6) is 0 Å². The molecule has 1 aliphatic heterocycles. The number of benzene rings is 1. The molecule has 0 bridgehead atoms. The molecule has 2 rings (SSSR count). The number of nitrogens with one attached hydrogen (secondary N) is 1. The van der Waals surface area contributed by atoms with Gasteiger partial charge in [0.05, 0.1) is 10.9 Å². The lowest BCUT2D eigenvalue weighted by atomic mass is 10.1. The molecular weight excluding hydrogens is 281 g/mol. The van der Waals surface area contributed by atoms with Crippen molar-refractivity contribution in [2.45, 2.75) is 10.9 Å². The van der Waals surface area contributed by atoms with Crippen LogP contribution >= 0.6 is 27.5 Å². The highest BCUT2D eigenvalue weighted by molar-refractivity contribution is 9.09. The van der Waals surface area contributed by atoms with Gasteiger partial charge in [0.1, 0.15) is 6.61 Å². The average Bonchev–Trinajstić information content (AvgIpc) is 2.65. The molecule has 1 fully saturated rings. The predicted octanol–water partition coefficient (Wildman–Crippen LogP) is 2.88. The SMILES string of the molecule is O=C1N[C@@H]([C@@H](Br)c2ccccc2Cl)CO1. The van der Waals surface area contributed by atoms with Crippen molar-refractivity contribution in [3.63, 3.8) is 0 Å². The van der Waals surface area contributed by atoms with Crippen molar-refractivity contribution in [1.82, 2.24) is 5.32 Å². The summed E-state index contributed by atoms with van der Waals surface area (Å²) in [6.45, 7) is 0.361. The van der Waals surface area contributed by atoms with Crippen molar-refractivity contribution in [3.05, 3.63) is 34.9 Å². The molecule has 1 aromatic carbocycles. The van der Waals surface area contributed by atoms with E-state index in [0.29, 0.717) is 11.6 Å². The Morgan fingerprint density at radius 3 is 2.87 bits per heavy atom. The number of cyclic esters (lactones) is 1. The summed E-state index contributed by atoms with van der Waals surface area (Å²) in [4.78, 5) is 10.9. The second kappa shape index (κ2) is 4.41. The number of carbonyl (C=O) groups is 1. The van der Waals surface area contributed by atoms with Crippen molar-refractivity contribution in [3.8, 4) is 0 Å². The molecule has 5 heteroatoms. The van der Waals surface area contributed by atoms with E-state index < -0.39 is 0 Å². The topological polar surface area (TPSA) is 38.3 Å². The van der Waals surface area contributed by atoms with Crippen LogP contribution in [0.25, 0.3) is 0 Å². The average molecular weight is 291 g/mol. The zero-order chi connectivity index (χ0) is 10.8. The smallest absolute Gasteiger partial charge is 0.407 e. The Morgan fingerprint density at radius 2 is 2.27 bits per heavy atom. The number of rotatable bonds is 2. The van der Waals surface area contributed by atoms with Gasteiger partial charge >= 0.3 is 6.09 Å². The van der Waals surface area contributed by atoms with E-state index in [1.807, 2.05) is 24.3 Å². The largest absolute Gasteiger partial charge is 0.447 e. The van der Waals surface area contributed by atoms with Crippen molar-refractivity contribution >= 4 is 33.6 Å². The number of hydrogen-bond acceptors (Lipinski definition) is 2. The number of ether oxygens (including phenoxy) is 1. The first kappa shape index (κ1) is 10.8. The molecule has 15 heavy (non-hydrogen) atoms. The maximum atomic E-state index is 10.9. The minimum atomic E-state index is -0.378. The number of halogens is 2. The van der Waals surface area contributed by atoms with Crippen molar-refractivity contribution < 1.29 is 9.53 Å². The molecule has 80 valence electrons. The molecule has 1 amide bonds. The Kier molecular flexibility index (Phi) is 3.17. The van der Waals surface area contributed by atoms with E-state index in [9.17, 15) is 4.79 Å². The lowest BCUT2D eigenvalue weighted by molar-refractivity contribution is 0.177. The molecule has 0 unspecified atom stereocenters. The molecule has 1 N–H and O–H groups in total. The van der Waals surface area contributed by atoms with Gasteiger partial charge in [-0.1, -0.05) is 45.7 Å². The van der Waals surface area contributed by atoms with Crippen LogP contribution in [-0.2, 0) is 4.74 Å². The van der Waals surface area contributed by atoms with Gasteiger partial charge in [-0.15, -0.1) is 0 Å². The van der Waals surface area contributed by atoms with Gasteiger partial charge in [-0.2, -0.15) is 0 Å². The van der Waals surface area contributed by atoms with Gasteiger partial charge < -0.3 is 10.1 Å². The number of amides is 1. The fourth-order valence-corrected chi connectivity index (χ4v) is 2.54. The Bertz CT molecular complexity index is 385. The van der Waals surface area contributed by atoms with Crippen LogP contribution in [0.15, 0.2) is 24.3 Å². The third kappa shape index (κ3) is 2.26. The first-order valence-electron chi connectivity index (χ1n) is 4.50. The molecule has 0 spiro atoms. The minimum Gasteiger partial charge on any atom is -0.447 e. The van der Waals surface area contributed by atoms with Gasteiger partial charge in [0, 0.05) is 5.02 Å². The standard InChI is InChI=1S/C10H9BrClNO2/c11-9(8-5-15-10(14)13-8)6-3-1-2-4-7(6)12/h1-4,8-9H,5H2,(H,13,14)/t8-,9+/m1/s1. The monoisotopic (exact) mass is 289 g/mol. The number of hydrogen-bond donors (Lipinski definition) is 1. The van der Waals surface area contributed by atoms with Crippen molar-refractivity contribution in [2.75, 3.05) is 6.61 Å². The van der Waals surface area contributed by atoms with E-state index >= 15 is 0 Å². The molecule has 1 saturated heterocycles. The molecular formula is C10H9BrClNO2. The zero-order valence-corrected chi connectivity index (χ0v) is 10.1. The number of carbonyl (C=O) groups excluding carboxylic acids is 1. The summed E-state index contributed by atoms with van der Waals surface area (Å²) in [7, 11) is 0. The molecule has 3 nitrogen and oxygen atoms in total. The fourth-order valence-electron chi connectivity index (χ4n) is 1.47. The highest BCUT2D eigenvalue weighted by Crippen LogP contribution is 2.33. The van der Waals surface area contributed by atoms with Crippen LogP contribution in [0.4, 0.5) is 4.79 Å². The third-order valence-electron chi connectivity index (χ3n) is 2.25. The first-order chi connectivity index (χ1) is 7.18. The van der Waals surface area contributed by atoms with Gasteiger partial charge in [0.25, 0.3) is 0 Å². The quantitative estimate of drug-likeness (QED) is 0.851. The first-order valence-corrected chi connectivity index (χ1v) is 5.79. The Labute approximate surface area is 101 Å². The van der Waals surface area contributed by atoms with Gasteiger partial charge in [0.15, 0.2) is 0 Å². The number of alkyl carbamates (subject to hydrolysis) is 1. The summed E-state index contributed by atoms with van der Waals surface area (Å²) >= 11 is 9.56. The van der Waals surface area contributed by atoms with Gasteiger partial charge in [-0.3, -0.25) is 0 Å². The molecule has 0 radical (unpaired) electrons. The fraction of sp³-hybridized carbons (Fsp3) is 0.300. The molecule has 1 aliphatic rings. The molecule has 0 aliphatic carbocycles. The summed E-state index contributed by atoms with van der Waals surface area (Å²) in [5, 5.41) is 3.39. The van der Waals surface area contributed by atoms with Gasteiger partial charge in [0.2, 0.25) is 0 Å². The second-order valence-corrected chi connectivity index (χ2v) is 4.67. The van der Waals surface area contributed by atoms with Crippen LogP contribution in [0.2, 0.25) is 5.02 Å². The highest BCUT2D eigenvalue weighted by atomic mass is 79.9. The molecule has 0 saturated carbocycles. The maximum absolute atomic E-state index is 10.9. The third-order valence-corrected chi connectivity index (χ3v) is 3.73. The van der Waals surface area contributed by atoms with Crippen LogP contribution in [0, 0.1) is 0 Å². The molecule has 2 atom stereocenters. The van der Waals surface area contributed by atoms with Crippen LogP contribution in [0.1, 0.15) is 10.4 Å². The summed E-state index contributed by atoms with van der Waals surface area (Å²) in [6.07, 6.45) is -0.378. The summed E-state index contributed by atoms with van der Waals surface area (Å²) in [6, 6.07) is 7.45. The van der Waals surface area contributed by atoms with E-state index in [0.717, 1.165) is 5.56 Å².